The highest BCUT2D eigenvalue weighted by atomic mass is 32.1. The van der Waals surface area contributed by atoms with Gasteiger partial charge in [-0.15, -0.1) is 11.3 Å². The minimum absolute atomic E-state index is 1.18. The average molecular weight is 566 g/mol. The summed E-state index contributed by atoms with van der Waals surface area (Å²) in [5.74, 6) is 0. The Labute approximate surface area is 253 Å². The Kier molecular flexibility index (Phi) is 5.35. The van der Waals surface area contributed by atoms with Crippen LogP contribution in [-0.4, -0.2) is 4.57 Å². The van der Waals surface area contributed by atoms with E-state index in [9.17, 15) is 0 Å². The summed E-state index contributed by atoms with van der Waals surface area (Å²) in [6.45, 7) is 2.19. The molecule has 0 fully saturated rings. The molecular weight excluding hydrogens is 539 g/mol. The average Bonchev–Trinajstić information content (AvgIpc) is 3.60. The maximum absolute atomic E-state index is 2.49. The molecule has 202 valence electrons. The molecule has 0 spiro atoms. The number of hydrogen-bond acceptors (Lipinski definition) is 1. The lowest BCUT2D eigenvalue weighted by molar-refractivity contribution is 1.18. The topological polar surface area (TPSA) is 4.93 Å². The van der Waals surface area contributed by atoms with Gasteiger partial charge < -0.3 is 4.57 Å². The molecule has 0 N–H and O–H groups in total. The van der Waals surface area contributed by atoms with Crippen LogP contribution in [-0.2, 0) is 0 Å². The molecule has 43 heavy (non-hydrogen) atoms. The van der Waals surface area contributed by atoms with Crippen LogP contribution in [0.5, 0.6) is 0 Å². The number of fused-ring (bicyclic) bond motifs is 8. The summed E-state index contributed by atoms with van der Waals surface area (Å²) in [4.78, 5) is 0. The molecule has 7 aromatic carbocycles. The van der Waals surface area contributed by atoms with Crippen molar-refractivity contribution in [3.8, 4) is 27.9 Å². The van der Waals surface area contributed by atoms with Gasteiger partial charge in [0.1, 0.15) is 0 Å². The fraction of sp³-hybridized carbons (Fsp3) is 0.0244. The predicted molar refractivity (Wildman–Crippen MR) is 187 cm³/mol. The third-order valence-electron chi connectivity index (χ3n) is 8.82. The maximum Gasteiger partial charge on any atom is 0.0634 e. The van der Waals surface area contributed by atoms with Gasteiger partial charge in [-0.1, -0.05) is 109 Å². The monoisotopic (exact) mass is 565 g/mol. The van der Waals surface area contributed by atoms with Crippen molar-refractivity contribution in [1.82, 2.24) is 4.57 Å². The quantitative estimate of drug-likeness (QED) is 0.201. The Bertz CT molecular complexity index is 2490. The van der Waals surface area contributed by atoms with Gasteiger partial charge in [-0.25, -0.2) is 0 Å². The first-order valence-corrected chi connectivity index (χ1v) is 15.6. The number of aromatic nitrogens is 1. The summed E-state index contributed by atoms with van der Waals surface area (Å²) in [6.07, 6.45) is 0. The largest absolute Gasteiger partial charge is 0.309 e. The van der Waals surface area contributed by atoms with Gasteiger partial charge in [0.15, 0.2) is 0 Å². The first-order chi connectivity index (χ1) is 21.2. The van der Waals surface area contributed by atoms with Crippen LogP contribution in [0.3, 0.4) is 0 Å². The van der Waals surface area contributed by atoms with E-state index in [4.69, 9.17) is 0 Å². The highest BCUT2D eigenvalue weighted by Gasteiger charge is 2.23. The third-order valence-corrected chi connectivity index (χ3v) is 10.0. The van der Waals surface area contributed by atoms with Crippen molar-refractivity contribution in [3.63, 3.8) is 0 Å². The lowest BCUT2D eigenvalue weighted by atomic mass is 9.94. The molecule has 0 saturated heterocycles. The van der Waals surface area contributed by atoms with E-state index in [0.717, 1.165) is 0 Å². The predicted octanol–water partition coefficient (Wildman–Crippen LogP) is 11.9. The summed E-state index contributed by atoms with van der Waals surface area (Å²) >= 11 is 1.92. The van der Waals surface area contributed by atoms with Crippen LogP contribution >= 0.6 is 11.3 Å². The molecular formula is C41H27NS. The molecule has 2 aromatic heterocycles. The summed E-state index contributed by atoms with van der Waals surface area (Å²) in [5.41, 5.74) is 9.99. The fourth-order valence-corrected chi connectivity index (χ4v) is 8.08. The molecule has 9 aromatic rings. The molecule has 0 amide bonds. The van der Waals surface area contributed by atoms with Gasteiger partial charge in [-0.2, -0.15) is 0 Å². The van der Waals surface area contributed by atoms with Crippen molar-refractivity contribution in [2.45, 2.75) is 6.92 Å². The summed E-state index contributed by atoms with van der Waals surface area (Å²) < 4.78 is 5.16. The van der Waals surface area contributed by atoms with Crippen molar-refractivity contribution in [2.24, 2.45) is 0 Å². The zero-order valence-electron chi connectivity index (χ0n) is 23.7. The molecule has 1 nitrogen and oxygen atoms in total. The highest BCUT2D eigenvalue weighted by Crippen LogP contribution is 2.48. The zero-order valence-corrected chi connectivity index (χ0v) is 24.5. The second-order valence-corrected chi connectivity index (χ2v) is 12.5. The second kappa shape index (κ2) is 9.42. The van der Waals surface area contributed by atoms with E-state index in [1.54, 1.807) is 0 Å². The van der Waals surface area contributed by atoms with Crippen LogP contribution in [0.25, 0.3) is 80.7 Å². The van der Waals surface area contributed by atoms with E-state index < -0.39 is 0 Å². The smallest absolute Gasteiger partial charge is 0.0634 e. The lowest BCUT2D eigenvalue weighted by Crippen LogP contribution is -1.96. The van der Waals surface area contributed by atoms with E-state index >= 15 is 0 Å². The standard InChI is InChI=1S/C41H27NS/c1-26-19-21-33-37(23-26)42(30-15-6-3-7-16-30)40-35(32-18-10-14-28-13-8-9-17-31(28)32)25-36-34-24-29(27-11-4-2-5-12-27)20-22-38(34)43-41(36)39(33)40/h2-25H,1H3. The van der Waals surface area contributed by atoms with Gasteiger partial charge >= 0.3 is 0 Å². The SMILES string of the molecule is Cc1ccc2c3c4sc5ccc(-c6ccccc6)cc5c4cc(-c4cccc5ccccc45)c3n(-c3ccccc3)c2c1. The second-order valence-electron chi connectivity index (χ2n) is 11.4. The summed E-state index contributed by atoms with van der Waals surface area (Å²) in [5, 5.41) is 7.80. The number of benzene rings is 7. The molecule has 0 aliphatic carbocycles. The van der Waals surface area contributed by atoms with Gasteiger partial charge in [0, 0.05) is 42.2 Å². The van der Waals surface area contributed by atoms with Gasteiger partial charge in [-0.3, -0.25) is 0 Å². The minimum atomic E-state index is 1.18. The summed E-state index contributed by atoms with van der Waals surface area (Å²) in [7, 11) is 0. The van der Waals surface area contributed by atoms with Gasteiger partial charge in [0.2, 0.25) is 0 Å². The Hall–Kier alpha value is -5.18. The van der Waals surface area contributed by atoms with Gasteiger partial charge in [0.25, 0.3) is 0 Å². The molecule has 2 heteroatoms. The van der Waals surface area contributed by atoms with Crippen LogP contribution in [0.4, 0.5) is 0 Å². The van der Waals surface area contributed by atoms with Crippen LogP contribution in [0.1, 0.15) is 5.56 Å². The molecule has 0 bridgehead atoms. The lowest BCUT2D eigenvalue weighted by Gasteiger charge is -2.14. The minimum Gasteiger partial charge on any atom is -0.309 e. The number of aryl methyl sites for hydroxylation is 1. The number of thiophene rings is 1. The van der Waals surface area contributed by atoms with E-state index in [0.29, 0.717) is 0 Å². The molecule has 9 rings (SSSR count). The normalized spacial score (nSPS) is 11.8. The molecule has 0 aliphatic rings. The molecule has 2 heterocycles. The Morgan fingerprint density at radius 2 is 1.28 bits per heavy atom. The van der Waals surface area contributed by atoms with Crippen molar-refractivity contribution in [1.29, 1.82) is 0 Å². The number of nitrogens with zero attached hydrogens (tertiary/aromatic N) is 1. The maximum atomic E-state index is 2.49. The molecule has 0 radical (unpaired) electrons. The van der Waals surface area contributed by atoms with Gasteiger partial charge in [-0.05, 0) is 76.3 Å². The Morgan fingerprint density at radius 3 is 2.14 bits per heavy atom. The molecule has 0 atom stereocenters. The Morgan fingerprint density at radius 1 is 0.512 bits per heavy atom. The van der Waals surface area contributed by atoms with Crippen LogP contribution < -0.4 is 0 Å². The van der Waals surface area contributed by atoms with Crippen molar-refractivity contribution in [3.05, 3.63) is 151 Å². The van der Waals surface area contributed by atoms with Crippen LogP contribution in [0.2, 0.25) is 0 Å². The van der Waals surface area contributed by atoms with Gasteiger partial charge in [0.05, 0.1) is 11.0 Å². The van der Waals surface area contributed by atoms with Crippen LogP contribution in [0.15, 0.2) is 146 Å². The van der Waals surface area contributed by atoms with Crippen molar-refractivity contribution in [2.75, 3.05) is 0 Å². The van der Waals surface area contributed by atoms with E-state index in [-0.39, 0.29) is 0 Å². The van der Waals surface area contributed by atoms with E-state index in [1.807, 2.05) is 11.3 Å². The first kappa shape index (κ1) is 24.4. The molecule has 0 saturated carbocycles. The molecule has 0 unspecified atom stereocenters. The number of rotatable bonds is 3. The number of hydrogen-bond donors (Lipinski definition) is 0. The zero-order chi connectivity index (χ0) is 28.5. The summed E-state index contributed by atoms with van der Waals surface area (Å²) in [6, 6.07) is 53.4. The Balaban J connectivity index is 1.51. The fourth-order valence-electron chi connectivity index (χ4n) is 6.86. The van der Waals surface area contributed by atoms with Crippen molar-refractivity contribution < 1.29 is 0 Å². The van der Waals surface area contributed by atoms with E-state index in [1.165, 1.54) is 86.3 Å². The number of para-hydroxylation sites is 1. The highest BCUT2D eigenvalue weighted by molar-refractivity contribution is 7.26. The third kappa shape index (κ3) is 3.70. The van der Waals surface area contributed by atoms with E-state index in [2.05, 4.69) is 157 Å². The van der Waals surface area contributed by atoms with Crippen LogP contribution in [0, 0.1) is 6.92 Å². The van der Waals surface area contributed by atoms with Crippen molar-refractivity contribution >= 4 is 64.1 Å². The first-order valence-electron chi connectivity index (χ1n) is 14.8. The molecule has 0 aliphatic heterocycles.